The maximum Gasteiger partial charge on any atom is 0.224 e. The third-order valence-corrected chi connectivity index (χ3v) is 2.77. The number of ether oxygens (including phenoxy) is 1. The van der Waals surface area contributed by atoms with Crippen molar-refractivity contribution in [2.75, 3.05) is 14.1 Å². The van der Waals surface area contributed by atoms with Gasteiger partial charge in [0.1, 0.15) is 11.6 Å². The number of hydrogen-bond donors (Lipinski definition) is 2. The van der Waals surface area contributed by atoms with Crippen LogP contribution in [0.3, 0.4) is 0 Å². The van der Waals surface area contributed by atoms with Crippen molar-refractivity contribution >= 4 is 29.9 Å². The highest BCUT2D eigenvalue weighted by Crippen LogP contribution is 2.23. The van der Waals surface area contributed by atoms with Crippen LogP contribution >= 0.6 is 24.0 Å². The van der Waals surface area contributed by atoms with Gasteiger partial charge in [-0.2, -0.15) is 0 Å². The van der Waals surface area contributed by atoms with Crippen molar-refractivity contribution in [2.24, 2.45) is 4.99 Å². The Morgan fingerprint density at radius 2 is 2.14 bits per heavy atom. The van der Waals surface area contributed by atoms with Gasteiger partial charge in [0.15, 0.2) is 5.96 Å². The molecule has 0 saturated heterocycles. The Hall–Kier alpha value is -1.90. The number of pyridine rings is 1. The fourth-order valence-electron chi connectivity index (χ4n) is 1.75. The van der Waals surface area contributed by atoms with E-state index in [1.807, 2.05) is 12.1 Å². The van der Waals surface area contributed by atoms with Gasteiger partial charge >= 0.3 is 0 Å². The minimum atomic E-state index is -0.348. The quantitative estimate of drug-likeness (QED) is 0.457. The summed E-state index contributed by atoms with van der Waals surface area (Å²) >= 11 is 0. The van der Waals surface area contributed by atoms with Crippen LogP contribution in [0.25, 0.3) is 0 Å². The highest BCUT2D eigenvalue weighted by atomic mass is 127. The second-order valence-electron chi connectivity index (χ2n) is 4.20. The summed E-state index contributed by atoms with van der Waals surface area (Å²) < 4.78 is 18.8. The fourth-order valence-corrected chi connectivity index (χ4v) is 1.75. The summed E-state index contributed by atoms with van der Waals surface area (Å²) in [7, 11) is 3.47. The number of guanidine groups is 1. The normalized spacial score (nSPS) is 10.6. The minimum absolute atomic E-state index is 0. The summed E-state index contributed by atoms with van der Waals surface area (Å²) in [4.78, 5) is 8.22. The molecule has 1 aromatic carbocycles. The van der Waals surface area contributed by atoms with Crippen LogP contribution in [-0.4, -0.2) is 25.0 Å². The summed E-state index contributed by atoms with van der Waals surface area (Å²) in [5.41, 5.74) is 0.846. The first kappa shape index (κ1) is 18.1. The Balaban J connectivity index is 0.00000242. The van der Waals surface area contributed by atoms with Crippen molar-refractivity contribution in [1.82, 2.24) is 15.6 Å². The molecule has 1 aromatic heterocycles. The molecule has 118 valence electrons. The molecule has 0 saturated carbocycles. The van der Waals surface area contributed by atoms with Gasteiger partial charge < -0.3 is 15.4 Å². The minimum Gasteiger partial charge on any atom is -0.439 e. The lowest BCUT2D eigenvalue weighted by Gasteiger charge is -2.12. The summed E-state index contributed by atoms with van der Waals surface area (Å²) in [6.45, 7) is 0.492. The van der Waals surface area contributed by atoms with Crippen LogP contribution in [0.15, 0.2) is 47.6 Å². The molecule has 2 aromatic rings. The Morgan fingerprint density at radius 1 is 1.32 bits per heavy atom. The number of aliphatic imine (C=N–C) groups is 1. The van der Waals surface area contributed by atoms with Gasteiger partial charge in [-0.25, -0.2) is 9.37 Å². The molecule has 0 aliphatic rings. The molecule has 2 N–H and O–H groups in total. The van der Waals surface area contributed by atoms with E-state index >= 15 is 0 Å². The summed E-state index contributed by atoms with van der Waals surface area (Å²) in [5, 5.41) is 6.04. The van der Waals surface area contributed by atoms with Gasteiger partial charge in [-0.15, -0.1) is 24.0 Å². The van der Waals surface area contributed by atoms with Crippen molar-refractivity contribution in [2.45, 2.75) is 6.54 Å². The first-order valence-corrected chi connectivity index (χ1v) is 6.48. The molecule has 5 nitrogen and oxygen atoms in total. The molecule has 0 spiro atoms. The molecule has 0 aliphatic carbocycles. The van der Waals surface area contributed by atoms with Crippen LogP contribution in [-0.2, 0) is 6.54 Å². The molecular weight excluding hydrogens is 398 g/mol. The molecule has 7 heteroatoms. The van der Waals surface area contributed by atoms with Crippen LogP contribution in [0.4, 0.5) is 4.39 Å². The van der Waals surface area contributed by atoms with E-state index in [4.69, 9.17) is 4.74 Å². The van der Waals surface area contributed by atoms with Gasteiger partial charge in [-0.05, 0) is 18.2 Å². The Bertz CT molecular complexity index is 636. The van der Waals surface area contributed by atoms with Crippen LogP contribution in [0, 0.1) is 5.82 Å². The zero-order valence-corrected chi connectivity index (χ0v) is 14.7. The Morgan fingerprint density at radius 3 is 2.82 bits per heavy atom. The van der Waals surface area contributed by atoms with E-state index in [2.05, 4.69) is 20.6 Å². The van der Waals surface area contributed by atoms with Gasteiger partial charge in [-0.1, -0.05) is 12.1 Å². The monoisotopic (exact) mass is 416 g/mol. The Labute approximate surface area is 146 Å². The SMILES string of the molecule is CN=C(NC)NCc1cccnc1Oc1cccc(F)c1.I. The highest BCUT2D eigenvalue weighted by molar-refractivity contribution is 14.0. The molecular formula is C15H18FIN4O. The third kappa shape index (κ3) is 5.14. The third-order valence-electron chi connectivity index (χ3n) is 2.77. The molecule has 0 bridgehead atoms. The largest absolute Gasteiger partial charge is 0.439 e. The fraction of sp³-hybridized carbons (Fsp3) is 0.200. The van der Waals surface area contributed by atoms with Crippen LogP contribution in [0.1, 0.15) is 5.56 Å². The zero-order valence-electron chi connectivity index (χ0n) is 12.3. The number of aromatic nitrogens is 1. The average Bonchev–Trinajstić information content (AvgIpc) is 2.50. The van der Waals surface area contributed by atoms with E-state index < -0.39 is 0 Å². The van der Waals surface area contributed by atoms with E-state index in [0.29, 0.717) is 24.1 Å². The number of nitrogens with one attached hydrogen (secondary N) is 2. The van der Waals surface area contributed by atoms with Gasteiger partial charge in [0, 0.05) is 38.5 Å². The second-order valence-corrected chi connectivity index (χ2v) is 4.20. The van der Waals surface area contributed by atoms with E-state index in [-0.39, 0.29) is 29.8 Å². The highest BCUT2D eigenvalue weighted by Gasteiger charge is 2.07. The van der Waals surface area contributed by atoms with E-state index in [1.54, 1.807) is 32.4 Å². The molecule has 0 radical (unpaired) electrons. The van der Waals surface area contributed by atoms with Gasteiger partial charge in [0.2, 0.25) is 5.88 Å². The van der Waals surface area contributed by atoms with E-state index in [1.165, 1.54) is 12.1 Å². The molecule has 0 unspecified atom stereocenters. The summed E-state index contributed by atoms with van der Waals surface area (Å²) in [6.07, 6.45) is 1.63. The number of benzene rings is 1. The predicted octanol–water partition coefficient (Wildman–Crippen LogP) is 2.93. The van der Waals surface area contributed by atoms with Crippen molar-refractivity contribution in [3.05, 3.63) is 54.0 Å². The standard InChI is InChI=1S/C15H17FN4O.HI/c1-17-15(18-2)20-10-11-5-4-8-19-14(11)21-13-7-3-6-12(16)9-13;/h3-9H,10H2,1-2H3,(H2,17,18,20);1H. The predicted molar refractivity (Wildman–Crippen MR) is 95.4 cm³/mol. The van der Waals surface area contributed by atoms with Crippen molar-refractivity contribution in [3.8, 4) is 11.6 Å². The molecule has 22 heavy (non-hydrogen) atoms. The molecule has 0 atom stereocenters. The molecule has 0 aliphatic heterocycles. The molecule has 1 heterocycles. The van der Waals surface area contributed by atoms with Crippen LogP contribution in [0.5, 0.6) is 11.6 Å². The van der Waals surface area contributed by atoms with Gasteiger partial charge in [-0.3, -0.25) is 4.99 Å². The summed E-state index contributed by atoms with van der Waals surface area (Å²) in [6, 6.07) is 9.66. The van der Waals surface area contributed by atoms with Crippen LogP contribution < -0.4 is 15.4 Å². The van der Waals surface area contributed by atoms with E-state index in [9.17, 15) is 4.39 Å². The first-order valence-electron chi connectivity index (χ1n) is 6.48. The first-order chi connectivity index (χ1) is 10.2. The number of halogens is 2. The van der Waals surface area contributed by atoms with Gasteiger partial charge in [0.05, 0.1) is 0 Å². The summed E-state index contributed by atoms with van der Waals surface area (Å²) in [5.74, 6) is 1.16. The lowest BCUT2D eigenvalue weighted by atomic mass is 10.2. The number of nitrogens with zero attached hydrogens (tertiary/aromatic N) is 2. The number of hydrogen-bond acceptors (Lipinski definition) is 3. The van der Waals surface area contributed by atoms with Crippen LogP contribution in [0.2, 0.25) is 0 Å². The zero-order chi connectivity index (χ0) is 15.1. The molecule has 0 fully saturated rings. The maximum absolute atomic E-state index is 13.2. The number of rotatable bonds is 4. The van der Waals surface area contributed by atoms with E-state index in [0.717, 1.165) is 5.56 Å². The maximum atomic E-state index is 13.2. The smallest absolute Gasteiger partial charge is 0.224 e. The lowest BCUT2D eigenvalue weighted by molar-refractivity contribution is 0.451. The topological polar surface area (TPSA) is 58.5 Å². The Kier molecular flexibility index (Phi) is 7.58. The lowest BCUT2D eigenvalue weighted by Crippen LogP contribution is -2.34. The van der Waals surface area contributed by atoms with Gasteiger partial charge in [0.25, 0.3) is 0 Å². The van der Waals surface area contributed by atoms with Crippen molar-refractivity contribution < 1.29 is 9.13 Å². The van der Waals surface area contributed by atoms with Crippen molar-refractivity contribution in [3.63, 3.8) is 0 Å². The van der Waals surface area contributed by atoms with Crippen molar-refractivity contribution in [1.29, 1.82) is 0 Å². The second kappa shape index (κ2) is 9.19. The molecule has 2 rings (SSSR count). The average molecular weight is 416 g/mol. The molecule has 0 amide bonds.